The third-order valence-electron chi connectivity index (χ3n) is 3.58. The van der Waals surface area contributed by atoms with E-state index in [-0.39, 0.29) is 17.7 Å². The van der Waals surface area contributed by atoms with Crippen molar-refractivity contribution in [2.75, 3.05) is 33.5 Å². The molecule has 1 unspecified atom stereocenters. The Morgan fingerprint density at radius 2 is 1.90 bits per heavy atom. The molecule has 1 aliphatic heterocycles. The minimum atomic E-state index is -0.849. The maximum Gasteiger partial charge on any atom is 0.248 e. The third kappa shape index (κ3) is 4.68. The van der Waals surface area contributed by atoms with Crippen molar-refractivity contribution in [3.8, 4) is 0 Å². The second-order valence-electron chi connectivity index (χ2n) is 6.26. The first-order valence-corrected chi connectivity index (χ1v) is 7.51. The SMILES string of the molecule is COCCCOCCN1C(=O)C(C)(C)NC(=O)C1C(C)C. The van der Waals surface area contributed by atoms with E-state index in [1.54, 1.807) is 25.9 Å². The van der Waals surface area contributed by atoms with Gasteiger partial charge >= 0.3 is 0 Å². The van der Waals surface area contributed by atoms with E-state index < -0.39 is 11.6 Å². The predicted molar refractivity (Wildman–Crippen MR) is 79.9 cm³/mol. The standard InChI is InChI=1S/C15H28N2O4/c1-11(2)12-13(18)16-15(3,4)14(19)17(12)7-10-21-9-6-8-20-5/h11-12H,6-10H2,1-5H3,(H,16,18). The van der Waals surface area contributed by atoms with Crippen molar-refractivity contribution in [1.82, 2.24) is 10.2 Å². The average Bonchev–Trinajstić information content (AvgIpc) is 2.38. The van der Waals surface area contributed by atoms with Gasteiger partial charge in [-0.25, -0.2) is 0 Å². The largest absolute Gasteiger partial charge is 0.385 e. The summed E-state index contributed by atoms with van der Waals surface area (Å²) in [5.74, 6) is -0.0752. The van der Waals surface area contributed by atoms with Crippen LogP contribution in [0.2, 0.25) is 0 Å². The van der Waals surface area contributed by atoms with Gasteiger partial charge in [0.25, 0.3) is 0 Å². The monoisotopic (exact) mass is 300 g/mol. The second kappa shape index (κ2) is 7.75. The number of carbonyl (C=O) groups excluding carboxylic acids is 2. The highest BCUT2D eigenvalue weighted by molar-refractivity contribution is 5.99. The molecule has 0 aliphatic carbocycles. The van der Waals surface area contributed by atoms with Crippen LogP contribution in [0.15, 0.2) is 0 Å². The molecule has 2 amide bonds. The first kappa shape index (κ1) is 17.9. The summed E-state index contributed by atoms with van der Waals surface area (Å²) < 4.78 is 10.5. The highest BCUT2D eigenvalue weighted by Crippen LogP contribution is 2.22. The molecule has 6 heteroatoms. The Hall–Kier alpha value is -1.14. The first-order valence-electron chi connectivity index (χ1n) is 7.51. The first-order chi connectivity index (χ1) is 9.81. The second-order valence-corrected chi connectivity index (χ2v) is 6.26. The molecule has 1 rings (SSSR count). The molecule has 0 aromatic rings. The van der Waals surface area contributed by atoms with Gasteiger partial charge in [0.05, 0.1) is 6.61 Å². The van der Waals surface area contributed by atoms with Gasteiger partial charge in [-0.3, -0.25) is 9.59 Å². The maximum absolute atomic E-state index is 12.5. The fourth-order valence-corrected chi connectivity index (χ4v) is 2.54. The van der Waals surface area contributed by atoms with Crippen molar-refractivity contribution in [1.29, 1.82) is 0 Å². The van der Waals surface area contributed by atoms with Gasteiger partial charge in [-0.1, -0.05) is 13.8 Å². The molecule has 6 nitrogen and oxygen atoms in total. The molecule has 1 aliphatic rings. The lowest BCUT2D eigenvalue weighted by molar-refractivity contribution is -0.156. The number of piperazine rings is 1. The van der Waals surface area contributed by atoms with Gasteiger partial charge in [0.1, 0.15) is 11.6 Å². The summed E-state index contributed by atoms with van der Waals surface area (Å²) in [5, 5.41) is 2.80. The molecular formula is C15H28N2O4. The molecule has 0 aromatic carbocycles. The van der Waals surface area contributed by atoms with Crippen LogP contribution in [0.1, 0.15) is 34.1 Å². The third-order valence-corrected chi connectivity index (χ3v) is 3.58. The molecular weight excluding hydrogens is 272 g/mol. The van der Waals surface area contributed by atoms with Gasteiger partial charge in [0, 0.05) is 26.9 Å². The number of nitrogens with zero attached hydrogens (tertiary/aromatic N) is 1. The van der Waals surface area contributed by atoms with Crippen LogP contribution in [0.3, 0.4) is 0 Å². The molecule has 1 heterocycles. The summed E-state index contributed by atoms with van der Waals surface area (Å²) in [4.78, 5) is 26.4. The zero-order chi connectivity index (χ0) is 16.0. The van der Waals surface area contributed by atoms with Crippen molar-refractivity contribution in [2.45, 2.75) is 45.7 Å². The molecule has 1 fully saturated rings. The van der Waals surface area contributed by atoms with E-state index in [4.69, 9.17) is 9.47 Å². The van der Waals surface area contributed by atoms with E-state index in [0.29, 0.717) is 26.4 Å². The van der Waals surface area contributed by atoms with E-state index in [9.17, 15) is 9.59 Å². The van der Waals surface area contributed by atoms with Crippen molar-refractivity contribution >= 4 is 11.8 Å². The van der Waals surface area contributed by atoms with Gasteiger partial charge in [-0.15, -0.1) is 0 Å². The number of ether oxygens (including phenoxy) is 2. The fraction of sp³-hybridized carbons (Fsp3) is 0.867. The van der Waals surface area contributed by atoms with Crippen LogP contribution in [0.4, 0.5) is 0 Å². The Balaban J connectivity index is 2.60. The summed E-state index contributed by atoms with van der Waals surface area (Å²) >= 11 is 0. The van der Waals surface area contributed by atoms with E-state index in [1.165, 1.54) is 0 Å². The number of carbonyl (C=O) groups is 2. The smallest absolute Gasteiger partial charge is 0.248 e. The molecule has 0 saturated carbocycles. The zero-order valence-corrected chi connectivity index (χ0v) is 13.8. The van der Waals surface area contributed by atoms with Gasteiger partial charge in [-0.05, 0) is 26.2 Å². The number of rotatable bonds is 8. The molecule has 1 saturated heterocycles. The molecule has 0 aromatic heterocycles. The van der Waals surface area contributed by atoms with Crippen molar-refractivity contribution in [3.05, 3.63) is 0 Å². The summed E-state index contributed by atoms with van der Waals surface area (Å²) in [6.45, 7) is 9.48. The van der Waals surface area contributed by atoms with E-state index in [1.807, 2.05) is 13.8 Å². The molecule has 1 N–H and O–H groups in total. The lowest BCUT2D eigenvalue weighted by Crippen LogP contribution is -2.69. The number of methoxy groups -OCH3 is 1. The summed E-state index contributed by atoms with van der Waals surface area (Å²) in [7, 11) is 1.65. The average molecular weight is 300 g/mol. The van der Waals surface area contributed by atoms with Crippen LogP contribution in [0, 0.1) is 5.92 Å². The Kier molecular flexibility index (Phi) is 6.61. The Labute approximate surface area is 127 Å². The van der Waals surface area contributed by atoms with E-state index in [0.717, 1.165) is 6.42 Å². The molecule has 122 valence electrons. The van der Waals surface area contributed by atoms with Gasteiger partial charge < -0.3 is 19.7 Å². The Morgan fingerprint density at radius 3 is 2.48 bits per heavy atom. The van der Waals surface area contributed by atoms with E-state index >= 15 is 0 Å². The van der Waals surface area contributed by atoms with Crippen molar-refractivity contribution in [2.24, 2.45) is 5.92 Å². The lowest BCUT2D eigenvalue weighted by atomic mass is 9.91. The van der Waals surface area contributed by atoms with Crippen LogP contribution in [-0.4, -0.2) is 61.8 Å². The Bertz CT molecular complexity index is 369. The summed E-state index contributed by atoms with van der Waals surface area (Å²) in [6.07, 6.45) is 0.823. The molecule has 0 radical (unpaired) electrons. The minimum absolute atomic E-state index is 0.0544. The molecule has 0 spiro atoms. The number of amides is 2. The summed E-state index contributed by atoms with van der Waals surface area (Å²) in [5.41, 5.74) is -0.849. The fourth-order valence-electron chi connectivity index (χ4n) is 2.54. The highest BCUT2D eigenvalue weighted by Gasteiger charge is 2.45. The topological polar surface area (TPSA) is 67.9 Å². The van der Waals surface area contributed by atoms with Gasteiger partial charge in [0.2, 0.25) is 11.8 Å². The van der Waals surface area contributed by atoms with Crippen molar-refractivity contribution in [3.63, 3.8) is 0 Å². The normalized spacial score (nSPS) is 21.8. The van der Waals surface area contributed by atoms with E-state index in [2.05, 4.69) is 5.32 Å². The summed E-state index contributed by atoms with van der Waals surface area (Å²) in [6, 6.07) is -0.423. The highest BCUT2D eigenvalue weighted by atomic mass is 16.5. The van der Waals surface area contributed by atoms with Gasteiger partial charge in [0.15, 0.2) is 0 Å². The number of nitrogens with one attached hydrogen (secondary N) is 1. The van der Waals surface area contributed by atoms with Crippen LogP contribution in [-0.2, 0) is 19.1 Å². The maximum atomic E-state index is 12.5. The minimum Gasteiger partial charge on any atom is -0.385 e. The van der Waals surface area contributed by atoms with Gasteiger partial charge in [-0.2, -0.15) is 0 Å². The zero-order valence-electron chi connectivity index (χ0n) is 13.8. The van der Waals surface area contributed by atoms with Crippen molar-refractivity contribution < 1.29 is 19.1 Å². The Morgan fingerprint density at radius 1 is 1.24 bits per heavy atom. The quantitative estimate of drug-likeness (QED) is 0.673. The number of hydrogen-bond acceptors (Lipinski definition) is 4. The molecule has 21 heavy (non-hydrogen) atoms. The van der Waals surface area contributed by atoms with Crippen LogP contribution >= 0.6 is 0 Å². The van der Waals surface area contributed by atoms with Crippen LogP contribution < -0.4 is 5.32 Å². The lowest BCUT2D eigenvalue weighted by Gasteiger charge is -2.44. The van der Waals surface area contributed by atoms with Crippen LogP contribution in [0.5, 0.6) is 0 Å². The predicted octanol–water partition coefficient (Wildman–Crippen LogP) is 0.801. The molecule has 1 atom stereocenters. The molecule has 0 bridgehead atoms. The van der Waals surface area contributed by atoms with Crippen LogP contribution in [0.25, 0.3) is 0 Å². The number of hydrogen-bond donors (Lipinski definition) is 1.